The minimum absolute atomic E-state index is 0.230. The molecule has 1 amide bonds. The number of aryl methyl sites for hydroxylation is 1. The summed E-state index contributed by atoms with van der Waals surface area (Å²) in [4.78, 5) is 16.9. The molecule has 0 aromatic carbocycles. The van der Waals surface area contributed by atoms with E-state index in [-0.39, 0.29) is 5.91 Å². The van der Waals surface area contributed by atoms with E-state index in [0.717, 1.165) is 36.5 Å². The molecule has 0 aliphatic carbocycles. The van der Waals surface area contributed by atoms with Crippen molar-refractivity contribution >= 4 is 11.6 Å². The number of nitrogens with zero attached hydrogens (tertiary/aromatic N) is 5. The van der Waals surface area contributed by atoms with Crippen molar-refractivity contribution in [2.24, 2.45) is 5.92 Å². The van der Waals surface area contributed by atoms with E-state index >= 15 is 0 Å². The highest BCUT2D eigenvalue weighted by Gasteiger charge is 2.16. The lowest BCUT2D eigenvalue weighted by molar-refractivity contribution is 0.0945. The number of fused-ring (bicyclic) bond motifs is 1. The molecule has 0 radical (unpaired) electrons. The van der Waals surface area contributed by atoms with Crippen molar-refractivity contribution in [2.75, 3.05) is 13.1 Å². The second-order valence-corrected chi connectivity index (χ2v) is 6.88. The molecule has 4 heterocycles. The maximum absolute atomic E-state index is 12.3. The summed E-state index contributed by atoms with van der Waals surface area (Å²) in [5.74, 6) is 0.314. The van der Waals surface area contributed by atoms with Gasteiger partial charge in [0.05, 0.1) is 18.4 Å². The average molecular weight is 353 g/mol. The van der Waals surface area contributed by atoms with E-state index in [1.807, 2.05) is 35.9 Å². The number of carbonyl (C=O) groups excluding carboxylic acids is 1. The molecule has 8 heteroatoms. The summed E-state index contributed by atoms with van der Waals surface area (Å²) in [6, 6.07) is 4.00. The first-order valence-electron chi connectivity index (χ1n) is 9.01. The van der Waals surface area contributed by atoms with E-state index in [1.165, 1.54) is 12.8 Å². The van der Waals surface area contributed by atoms with Crippen LogP contribution in [0.15, 0.2) is 30.7 Å². The lowest BCUT2D eigenvalue weighted by Crippen LogP contribution is -2.32. The molecule has 0 bridgehead atoms. The van der Waals surface area contributed by atoms with Crippen LogP contribution in [0.25, 0.3) is 5.65 Å². The molecule has 3 aromatic rings. The smallest absolute Gasteiger partial charge is 0.273 e. The topological polar surface area (TPSA) is 89.1 Å². The first-order chi connectivity index (χ1) is 12.7. The second kappa shape index (κ2) is 7.25. The highest BCUT2D eigenvalue weighted by atomic mass is 16.2. The second-order valence-electron chi connectivity index (χ2n) is 6.88. The third-order valence-electron chi connectivity index (χ3n) is 4.77. The number of imidazole rings is 1. The van der Waals surface area contributed by atoms with Crippen LogP contribution in [0.3, 0.4) is 0 Å². The first kappa shape index (κ1) is 16.7. The van der Waals surface area contributed by atoms with Crippen LogP contribution < -0.4 is 10.6 Å². The summed E-state index contributed by atoms with van der Waals surface area (Å²) >= 11 is 0. The predicted molar refractivity (Wildman–Crippen MR) is 96.7 cm³/mol. The summed E-state index contributed by atoms with van der Waals surface area (Å²) in [6.07, 6.45) is 7.96. The fourth-order valence-corrected chi connectivity index (χ4v) is 3.39. The molecule has 1 unspecified atom stereocenters. The van der Waals surface area contributed by atoms with Crippen molar-refractivity contribution in [1.82, 2.24) is 35.0 Å². The third-order valence-corrected chi connectivity index (χ3v) is 4.77. The minimum atomic E-state index is -0.230. The van der Waals surface area contributed by atoms with Gasteiger partial charge in [-0.1, -0.05) is 11.3 Å². The Kier molecular flexibility index (Phi) is 4.66. The molecule has 0 saturated carbocycles. The Morgan fingerprint density at radius 3 is 3.15 bits per heavy atom. The zero-order valence-electron chi connectivity index (χ0n) is 14.9. The fraction of sp³-hybridized carbons (Fsp3) is 0.444. The van der Waals surface area contributed by atoms with Gasteiger partial charge in [0.25, 0.3) is 5.91 Å². The van der Waals surface area contributed by atoms with Gasteiger partial charge in [0, 0.05) is 18.9 Å². The van der Waals surface area contributed by atoms with Gasteiger partial charge >= 0.3 is 0 Å². The number of nitrogens with one attached hydrogen (secondary N) is 2. The van der Waals surface area contributed by atoms with Crippen LogP contribution in [0.5, 0.6) is 0 Å². The molecule has 1 aliphatic heterocycles. The monoisotopic (exact) mass is 353 g/mol. The van der Waals surface area contributed by atoms with Crippen LogP contribution in [0.2, 0.25) is 0 Å². The Morgan fingerprint density at radius 1 is 1.42 bits per heavy atom. The number of hydrogen-bond donors (Lipinski definition) is 2. The van der Waals surface area contributed by atoms with Gasteiger partial charge in [0.15, 0.2) is 5.69 Å². The van der Waals surface area contributed by atoms with Crippen LogP contribution in [0.4, 0.5) is 0 Å². The Balaban J connectivity index is 1.36. The Labute approximate surface area is 151 Å². The highest BCUT2D eigenvalue weighted by Crippen LogP contribution is 2.12. The normalized spacial score (nSPS) is 17.5. The Morgan fingerprint density at radius 2 is 2.35 bits per heavy atom. The minimum Gasteiger partial charge on any atom is -0.345 e. The molecule has 1 aliphatic rings. The number of aromatic nitrogens is 5. The first-order valence-corrected chi connectivity index (χ1v) is 9.01. The van der Waals surface area contributed by atoms with Crippen LogP contribution in [-0.4, -0.2) is 43.4 Å². The Bertz CT molecular complexity index is 907. The SMILES string of the molecule is Cc1cccn2cc(CNC(=O)c3cn(CC4CCCNC4)nn3)nc12. The van der Waals surface area contributed by atoms with Crippen molar-refractivity contribution in [3.63, 3.8) is 0 Å². The molecule has 1 atom stereocenters. The van der Waals surface area contributed by atoms with E-state index in [4.69, 9.17) is 0 Å². The molecule has 4 rings (SSSR count). The summed E-state index contributed by atoms with van der Waals surface area (Å²) in [5.41, 5.74) is 3.16. The lowest BCUT2D eigenvalue weighted by Gasteiger charge is -2.22. The predicted octanol–water partition coefficient (Wildman–Crippen LogP) is 1.16. The van der Waals surface area contributed by atoms with Crippen molar-refractivity contribution in [3.8, 4) is 0 Å². The number of carbonyl (C=O) groups is 1. The van der Waals surface area contributed by atoms with E-state index in [0.29, 0.717) is 18.2 Å². The molecule has 0 spiro atoms. The lowest BCUT2D eigenvalue weighted by atomic mass is 10.00. The molecule has 136 valence electrons. The van der Waals surface area contributed by atoms with Gasteiger partial charge in [-0.25, -0.2) is 4.98 Å². The molecule has 1 fully saturated rings. The zero-order chi connectivity index (χ0) is 17.9. The summed E-state index contributed by atoms with van der Waals surface area (Å²) in [7, 11) is 0. The van der Waals surface area contributed by atoms with Gasteiger partial charge in [-0.15, -0.1) is 5.10 Å². The van der Waals surface area contributed by atoms with Gasteiger partial charge in [0.1, 0.15) is 5.65 Å². The van der Waals surface area contributed by atoms with Crippen LogP contribution in [0.1, 0.15) is 34.6 Å². The van der Waals surface area contributed by atoms with Crippen molar-refractivity contribution in [1.29, 1.82) is 0 Å². The van der Waals surface area contributed by atoms with Crippen molar-refractivity contribution in [2.45, 2.75) is 32.9 Å². The number of piperidine rings is 1. The van der Waals surface area contributed by atoms with Crippen LogP contribution in [0, 0.1) is 12.8 Å². The molecular weight excluding hydrogens is 330 g/mol. The van der Waals surface area contributed by atoms with E-state index in [9.17, 15) is 4.79 Å². The van der Waals surface area contributed by atoms with Gasteiger partial charge in [-0.05, 0) is 50.4 Å². The summed E-state index contributed by atoms with van der Waals surface area (Å²) in [5, 5.41) is 14.4. The zero-order valence-corrected chi connectivity index (χ0v) is 14.9. The number of rotatable bonds is 5. The highest BCUT2D eigenvalue weighted by molar-refractivity contribution is 5.91. The molecule has 8 nitrogen and oxygen atoms in total. The third kappa shape index (κ3) is 3.60. The van der Waals surface area contributed by atoms with Crippen molar-refractivity contribution in [3.05, 3.63) is 47.7 Å². The van der Waals surface area contributed by atoms with Crippen LogP contribution in [-0.2, 0) is 13.1 Å². The number of hydrogen-bond acceptors (Lipinski definition) is 5. The fourth-order valence-electron chi connectivity index (χ4n) is 3.39. The van der Waals surface area contributed by atoms with Gasteiger partial charge in [-0.2, -0.15) is 0 Å². The van der Waals surface area contributed by atoms with E-state index in [1.54, 1.807) is 10.9 Å². The number of pyridine rings is 1. The van der Waals surface area contributed by atoms with E-state index in [2.05, 4.69) is 25.9 Å². The van der Waals surface area contributed by atoms with Gasteiger partial charge in [-0.3, -0.25) is 9.48 Å². The largest absolute Gasteiger partial charge is 0.345 e. The maximum Gasteiger partial charge on any atom is 0.273 e. The standard InChI is InChI=1S/C18H23N7O/c1-13-4-3-7-24-11-15(21-17(13)24)9-20-18(26)16-12-25(23-22-16)10-14-5-2-6-19-8-14/h3-4,7,11-12,14,19H,2,5-6,8-10H2,1H3,(H,20,26). The molecule has 2 N–H and O–H groups in total. The van der Waals surface area contributed by atoms with Gasteiger partial charge in [0.2, 0.25) is 0 Å². The molecular formula is C18H23N7O. The summed E-state index contributed by atoms with van der Waals surface area (Å²) < 4.78 is 3.73. The van der Waals surface area contributed by atoms with Crippen molar-refractivity contribution < 1.29 is 4.79 Å². The van der Waals surface area contributed by atoms with Gasteiger partial charge < -0.3 is 15.0 Å². The van der Waals surface area contributed by atoms with Crippen LogP contribution >= 0.6 is 0 Å². The number of amides is 1. The quantitative estimate of drug-likeness (QED) is 0.719. The average Bonchev–Trinajstić information content (AvgIpc) is 3.28. The Hall–Kier alpha value is -2.74. The summed E-state index contributed by atoms with van der Waals surface area (Å²) in [6.45, 7) is 5.25. The molecule has 26 heavy (non-hydrogen) atoms. The van der Waals surface area contributed by atoms with E-state index < -0.39 is 0 Å². The maximum atomic E-state index is 12.3. The molecule has 3 aromatic heterocycles. The molecule has 1 saturated heterocycles.